The lowest BCUT2D eigenvalue weighted by molar-refractivity contribution is -0.115. The van der Waals surface area contributed by atoms with Crippen molar-refractivity contribution >= 4 is 22.6 Å². The normalized spacial score (nSPS) is 10.9. The van der Waals surface area contributed by atoms with Gasteiger partial charge in [-0.2, -0.15) is 0 Å². The van der Waals surface area contributed by atoms with Gasteiger partial charge in [0.05, 0.1) is 11.0 Å². The van der Waals surface area contributed by atoms with Crippen LogP contribution >= 0.6 is 0 Å². The van der Waals surface area contributed by atoms with Crippen LogP contribution in [0.5, 0.6) is 0 Å². The zero-order valence-electron chi connectivity index (χ0n) is 14.2. The summed E-state index contributed by atoms with van der Waals surface area (Å²) in [5.41, 5.74) is 4.37. The summed E-state index contributed by atoms with van der Waals surface area (Å²) in [4.78, 5) is 16.2. The Morgan fingerprint density at radius 2 is 1.79 bits per heavy atom. The highest BCUT2D eigenvalue weighted by atomic mass is 16.1. The van der Waals surface area contributed by atoms with Crippen LogP contribution < -0.4 is 5.32 Å². The number of imidazole rings is 1. The van der Waals surface area contributed by atoms with Crippen LogP contribution in [0.15, 0.2) is 48.5 Å². The first-order chi connectivity index (χ1) is 11.7. The molecule has 1 N–H and O–H groups in total. The summed E-state index contributed by atoms with van der Waals surface area (Å²) in [6.07, 6.45) is 2.34. The molecule has 0 fully saturated rings. The van der Waals surface area contributed by atoms with Gasteiger partial charge in [-0.15, -0.1) is 0 Å². The highest BCUT2D eigenvalue weighted by molar-refractivity contribution is 5.90. The number of benzene rings is 2. The van der Waals surface area contributed by atoms with E-state index in [0.717, 1.165) is 36.4 Å². The number of amides is 1. The standard InChI is InChI=1S/C20H23N3O/c1-3-20(24)21-16-12-9-15(10-13-16)11-14-19-22-17-7-5-6-8-18(17)23(19)4-2/h5-10,12-13H,3-4,11,14H2,1-2H3,(H,21,24). The van der Waals surface area contributed by atoms with Crippen LogP contribution in [0.3, 0.4) is 0 Å². The van der Waals surface area contributed by atoms with Gasteiger partial charge in [0, 0.05) is 25.1 Å². The van der Waals surface area contributed by atoms with E-state index in [1.54, 1.807) is 0 Å². The van der Waals surface area contributed by atoms with Crippen molar-refractivity contribution in [3.63, 3.8) is 0 Å². The molecule has 0 aliphatic carbocycles. The zero-order chi connectivity index (χ0) is 16.9. The van der Waals surface area contributed by atoms with Crippen molar-refractivity contribution in [3.8, 4) is 0 Å². The van der Waals surface area contributed by atoms with Gasteiger partial charge in [0.25, 0.3) is 0 Å². The molecular weight excluding hydrogens is 298 g/mol. The maximum Gasteiger partial charge on any atom is 0.224 e. The number of aryl methyl sites for hydroxylation is 3. The third-order valence-corrected chi connectivity index (χ3v) is 4.25. The molecule has 0 spiro atoms. The number of rotatable bonds is 6. The predicted molar refractivity (Wildman–Crippen MR) is 98.2 cm³/mol. The molecule has 1 amide bonds. The van der Waals surface area contributed by atoms with Crippen LogP contribution in [0.2, 0.25) is 0 Å². The summed E-state index contributed by atoms with van der Waals surface area (Å²) in [6.45, 7) is 4.93. The molecule has 3 aromatic rings. The quantitative estimate of drug-likeness (QED) is 0.740. The minimum Gasteiger partial charge on any atom is -0.328 e. The minimum absolute atomic E-state index is 0.0411. The Balaban J connectivity index is 1.70. The van der Waals surface area contributed by atoms with Crippen molar-refractivity contribution in [2.45, 2.75) is 39.7 Å². The molecule has 0 aliphatic rings. The summed E-state index contributed by atoms with van der Waals surface area (Å²) in [5.74, 6) is 1.17. The Bertz CT molecular complexity index is 834. The second kappa shape index (κ2) is 7.30. The van der Waals surface area contributed by atoms with E-state index in [1.165, 1.54) is 11.1 Å². The van der Waals surface area contributed by atoms with Gasteiger partial charge >= 0.3 is 0 Å². The lowest BCUT2D eigenvalue weighted by Crippen LogP contribution is -2.09. The van der Waals surface area contributed by atoms with E-state index in [0.29, 0.717) is 6.42 Å². The number of nitrogens with zero attached hydrogens (tertiary/aromatic N) is 2. The highest BCUT2D eigenvalue weighted by Gasteiger charge is 2.09. The minimum atomic E-state index is 0.0411. The fourth-order valence-corrected chi connectivity index (χ4v) is 2.93. The number of para-hydroxylation sites is 2. The maximum atomic E-state index is 11.4. The molecule has 2 aromatic carbocycles. The van der Waals surface area contributed by atoms with Crippen molar-refractivity contribution in [3.05, 3.63) is 59.9 Å². The van der Waals surface area contributed by atoms with E-state index in [4.69, 9.17) is 4.98 Å². The van der Waals surface area contributed by atoms with Crippen LogP contribution in [-0.4, -0.2) is 15.5 Å². The Kier molecular flexibility index (Phi) is 4.94. The van der Waals surface area contributed by atoms with Crippen LogP contribution in [0.1, 0.15) is 31.7 Å². The van der Waals surface area contributed by atoms with Crippen molar-refractivity contribution in [1.82, 2.24) is 9.55 Å². The number of hydrogen-bond donors (Lipinski definition) is 1. The molecule has 1 aromatic heterocycles. The van der Waals surface area contributed by atoms with Gasteiger partial charge in [-0.3, -0.25) is 4.79 Å². The molecule has 4 nitrogen and oxygen atoms in total. The summed E-state index contributed by atoms with van der Waals surface area (Å²) >= 11 is 0. The molecule has 24 heavy (non-hydrogen) atoms. The largest absolute Gasteiger partial charge is 0.328 e. The number of fused-ring (bicyclic) bond motifs is 1. The molecule has 0 atom stereocenters. The average Bonchev–Trinajstić information content (AvgIpc) is 2.98. The molecule has 0 radical (unpaired) electrons. The number of aromatic nitrogens is 2. The zero-order valence-corrected chi connectivity index (χ0v) is 14.2. The average molecular weight is 321 g/mol. The Hall–Kier alpha value is -2.62. The van der Waals surface area contributed by atoms with Gasteiger partial charge in [-0.05, 0) is 43.2 Å². The number of anilines is 1. The monoisotopic (exact) mass is 321 g/mol. The molecule has 0 unspecified atom stereocenters. The van der Waals surface area contributed by atoms with Crippen LogP contribution in [0.25, 0.3) is 11.0 Å². The van der Waals surface area contributed by atoms with Gasteiger partial charge in [-0.1, -0.05) is 31.2 Å². The summed E-state index contributed by atoms with van der Waals surface area (Å²) in [7, 11) is 0. The van der Waals surface area contributed by atoms with Gasteiger partial charge in [0.15, 0.2) is 0 Å². The number of carbonyl (C=O) groups excluding carboxylic acids is 1. The van der Waals surface area contributed by atoms with Crippen LogP contribution in [0.4, 0.5) is 5.69 Å². The van der Waals surface area contributed by atoms with Crippen molar-refractivity contribution in [1.29, 1.82) is 0 Å². The first kappa shape index (κ1) is 16.2. The Morgan fingerprint density at radius 1 is 1.04 bits per heavy atom. The maximum absolute atomic E-state index is 11.4. The second-order valence-corrected chi connectivity index (χ2v) is 5.86. The molecule has 1 heterocycles. The number of nitrogens with one attached hydrogen (secondary N) is 1. The lowest BCUT2D eigenvalue weighted by atomic mass is 10.1. The second-order valence-electron chi connectivity index (χ2n) is 5.86. The van der Waals surface area contributed by atoms with Crippen LogP contribution in [-0.2, 0) is 24.2 Å². The van der Waals surface area contributed by atoms with Crippen molar-refractivity contribution < 1.29 is 4.79 Å². The smallest absolute Gasteiger partial charge is 0.224 e. The molecule has 0 saturated carbocycles. The van der Waals surface area contributed by atoms with Crippen LogP contribution in [0, 0.1) is 0 Å². The first-order valence-electron chi connectivity index (χ1n) is 8.54. The summed E-state index contributed by atoms with van der Waals surface area (Å²) in [6, 6.07) is 16.4. The van der Waals surface area contributed by atoms with E-state index >= 15 is 0 Å². The van der Waals surface area contributed by atoms with E-state index < -0.39 is 0 Å². The van der Waals surface area contributed by atoms with E-state index in [9.17, 15) is 4.79 Å². The van der Waals surface area contributed by atoms with Crippen molar-refractivity contribution in [2.75, 3.05) is 5.32 Å². The topological polar surface area (TPSA) is 46.9 Å². The highest BCUT2D eigenvalue weighted by Crippen LogP contribution is 2.18. The molecule has 124 valence electrons. The molecule has 0 aliphatic heterocycles. The fraction of sp³-hybridized carbons (Fsp3) is 0.300. The third-order valence-electron chi connectivity index (χ3n) is 4.25. The molecule has 3 rings (SSSR count). The Morgan fingerprint density at radius 3 is 2.50 bits per heavy atom. The molecule has 4 heteroatoms. The molecule has 0 bridgehead atoms. The Labute approximate surface area is 142 Å². The lowest BCUT2D eigenvalue weighted by Gasteiger charge is -2.07. The SMILES string of the molecule is CCC(=O)Nc1ccc(CCc2nc3ccccc3n2CC)cc1. The predicted octanol–water partition coefficient (Wildman–Crippen LogP) is 4.19. The summed E-state index contributed by atoms with van der Waals surface area (Å²) < 4.78 is 2.28. The fourth-order valence-electron chi connectivity index (χ4n) is 2.93. The van der Waals surface area contributed by atoms with Gasteiger partial charge in [-0.25, -0.2) is 4.98 Å². The van der Waals surface area contributed by atoms with E-state index in [-0.39, 0.29) is 5.91 Å². The number of carbonyl (C=O) groups is 1. The summed E-state index contributed by atoms with van der Waals surface area (Å²) in [5, 5.41) is 2.87. The third kappa shape index (κ3) is 3.48. The van der Waals surface area contributed by atoms with Crippen molar-refractivity contribution in [2.24, 2.45) is 0 Å². The first-order valence-corrected chi connectivity index (χ1v) is 8.54. The van der Waals surface area contributed by atoms with Gasteiger partial charge < -0.3 is 9.88 Å². The van der Waals surface area contributed by atoms with Gasteiger partial charge in [0.2, 0.25) is 5.91 Å². The molecular formula is C20H23N3O. The van der Waals surface area contributed by atoms with Gasteiger partial charge in [0.1, 0.15) is 5.82 Å². The molecule has 0 saturated heterocycles. The van der Waals surface area contributed by atoms with E-state index in [1.807, 2.05) is 25.1 Å². The van der Waals surface area contributed by atoms with E-state index in [2.05, 4.69) is 47.1 Å². The number of hydrogen-bond acceptors (Lipinski definition) is 2.